The molecule has 1 aliphatic heterocycles. The first kappa shape index (κ1) is 12.9. The highest BCUT2D eigenvalue weighted by molar-refractivity contribution is 5.42. The number of nitrogens with two attached hydrogens (primary N) is 1. The van der Waals surface area contributed by atoms with Crippen molar-refractivity contribution in [3.05, 3.63) is 29.3 Å². The summed E-state index contributed by atoms with van der Waals surface area (Å²) < 4.78 is 5.36. The Morgan fingerprint density at radius 3 is 3.06 bits per heavy atom. The minimum atomic E-state index is 0.459. The number of ether oxygens (including phenoxy) is 1. The van der Waals surface area contributed by atoms with Crippen LogP contribution < -0.4 is 10.5 Å². The van der Waals surface area contributed by atoms with E-state index in [1.165, 1.54) is 6.42 Å². The SMILES string of the molecule is COc1ccc(C#N)cc1CN1CCCC1CN. The second kappa shape index (κ2) is 5.85. The molecule has 1 aromatic rings. The summed E-state index contributed by atoms with van der Waals surface area (Å²) in [4.78, 5) is 2.37. The summed E-state index contributed by atoms with van der Waals surface area (Å²) in [7, 11) is 1.66. The number of benzene rings is 1. The molecule has 0 radical (unpaired) electrons. The summed E-state index contributed by atoms with van der Waals surface area (Å²) >= 11 is 0. The van der Waals surface area contributed by atoms with Crippen molar-refractivity contribution in [2.45, 2.75) is 25.4 Å². The van der Waals surface area contributed by atoms with E-state index in [1.54, 1.807) is 13.2 Å². The van der Waals surface area contributed by atoms with E-state index in [0.717, 1.165) is 30.8 Å². The van der Waals surface area contributed by atoms with Crippen LogP contribution in [0.5, 0.6) is 5.75 Å². The first-order valence-corrected chi connectivity index (χ1v) is 6.29. The molecule has 1 atom stereocenters. The third-order valence-corrected chi connectivity index (χ3v) is 3.55. The van der Waals surface area contributed by atoms with Crippen molar-refractivity contribution in [3.63, 3.8) is 0 Å². The Kier molecular flexibility index (Phi) is 4.19. The normalized spacial score (nSPS) is 19.7. The molecule has 1 aromatic carbocycles. The summed E-state index contributed by atoms with van der Waals surface area (Å²) in [5.74, 6) is 0.844. The number of nitriles is 1. The number of nitrogens with zero attached hydrogens (tertiary/aromatic N) is 2. The van der Waals surface area contributed by atoms with E-state index in [0.29, 0.717) is 18.2 Å². The summed E-state index contributed by atoms with van der Waals surface area (Å²) in [5.41, 5.74) is 7.52. The van der Waals surface area contributed by atoms with Crippen molar-refractivity contribution in [1.82, 2.24) is 4.90 Å². The van der Waals surface area contributed by atoms with Gasteiger partial charge in [0.1, 0.15) is 5.75 Å². The van der Waals surface area contributed by atoms with Crippen molar-refractivity contribution in [3.8, 4) is 11.8 Å². The van der Waals surface area contributed by atoms with Gasteiger partial charge in [-0.3, -0.25) is 4.90 Å². The number of rotatable bonds is 4. The van der Waals surface area contributed by atoms with Gasteiger partial charge in [0.2, 0.25) is 0 Å². The molecule has 0 aromatic heterocycles. The van der Waals surface area contributed by atoms with Crippen LogP contribution in [0.2, 0.25) is 0 Å². The van der Waals surface area contributed by atoms with Gasteiger partial charge in [-0.25, -0.2) is 0 Å². The Morgan fingerprint density at radius 2 is 2.39 bits per heavy atom. The molecule has 2 N–H and O–H groups in total. The van der Waals surface area contributed by atoms with Crippen LogP contribution in [0.4, 0.5) is 0 Å². The van der Waals surface area contributed by atoms with Crippen LogP contribution in [-0.2, 0) is 6.54 Å². The first-order valence-electron chi connectivity index (χ1n) is 6.29. The number of hydrogen-bond acceptors (Lipinski definition) is 4. The Balaban J connectivity index is 2.19. The Hall–Kier alpha value is -1.57. The molecule has 4 nitrogen and oxygen atoms in total. The molecule has 1 saturated heterocycles. The average Bonchev–Trinajstić information content (AvgIpc) is 2.86. The zero-order valence-electron chi connectivity index (χ0n) is 10.7. The van der Waals surface area contributed by atoms with Gasteiger partial charge in [-0.1, -0.05) is 0 Å². The molecule has 18 heavy (non-hydrogen) atoms. The molecule has 1 unspecified atom stereocenters. The van der Waals surface area contributed by atoms with Crippen LogP contribution in [0.25, 0.3) is 0 Å². The molecular weight excluding hydrogens is 226 g/mol. The van der Waals surface area contributed by atoms with E-state index in [2.05, 4.69) is 11.0 Å². The van der Waals surface area contributed by atoms with Crippen molar-refractivity contribution in [2.75, 3.05) is 20.2 Å². The Morgan fingerprint density at radius 1 is 1.56 bits per heavy atom. The summed E-state index contributed by atoms with van der Waals surface area (Å²) in [6.07, 6.45) is 2.36. The van der Waals surface area contributed by atoms with Gasteiger partial charge < -0.3 is 10.5 Å². The monoisotopic (exact) mass is 245 g/mol. The van der Waals surface area contributed by atoms with E-state index in [9.17, 15) is 0 Å². The van der Waals surface area contributed by atoms with E-state index >= 15 is 0 Å². The fourth-order valence-corrected chi connectivity index (χ4v) is 2.56. The van der Waals surface area contributed by atoms with Gasteiger partial charge in [0.25, 0.3) is 0 Å². The molecule has 96 valence electrons. The fraction of sp³-hybridized carbons (Fsp3) is 0.500. The predicted octanol–water partition coefficient (Wildman–Crippen LogP) is 1.49. The first-order chi connectivity index (χ1) is 8.78. The topological polar surface area (TPSA) is 62.3 Å². The molecular formula is C14H19N3O. The average molecular weight is 245 g/mol. The van der Waals surface area contributed by atoms with Gasteiger partial charge >= 0.3 is 0 Å². The van der Waals surface area contributed by atoms with E-state index in [-0.39, 0.29) is 0 Å². The number of likely N-dealkylation sites (tertiary alicyclic amines) is 1. The lowest BCUT2D eigenvalue weighted by Crippen LogP contribution is -2.34. The van der Waals surface area contributed by atoms with Gasteiger partial charge in [-0.15, -0.1) is 0 Å². The minimum Gasteiger partial charge on any atom is -0.496 e. The molecule has 0 saturated carbocycles. The molecule has 0 amide bonds. The third-order valence-electron chi connectivity index (χ3n) is 3.55. The van der Waals surface area contributed by atoms with Gasteiger partial charge in [0.15, 0.2) is 0 Å². The molecule has 0 aliphatic carbocycles. The lowest BCUT2D eigenvalue weighted by molar-refractivity contribution is 0.246. The molecule has 1 aliphatic rings. The summed E-state index contributed by atoms with van der Waals surface area (Å²) in [5, 5.41) is 8.96. The lowest BCUT2D eigenvalue weighted by atomic mass is 10.1. The highest BCUT2D eigenvalue weighted by atomic mass is 16.5. The van der Waals surface area contributed by atoms with E-state index in [4.69, 9.17) is 15.7 Å². The largest absolute Gasteiger partial charge is 0.496 e. The molecule has 2 rings (SSSR count). The predicted molar refractivity (Wildman–Crippen MR) is 70.2 cm³/mol. The second-order valence-corrected chi connectivity index (χ2v) is 4.64. The van der Waals surface area contributed by atoms with Crippen molar-refractivity contribution < 1.29 is 4.74 Å². The standard InChI is InChI=1S/C14H19N3O/c1-18-14-5-4-11(8-15)7-12(14)10-17-6-2-3-13(17)9-16/h4-5,7,13H,2-3,6,9-10,16H2,1H3. The zero-order chi connectivity index (χ0) is 13.0. The zero-order valence-corrected chi connectivity index (χ0v) is 10.7. The molecule has 0 bridgehead atoms. The maximum atomic E-state index is 8.96. The van der Waals surface area contributed by atoms with Crippen LogP contribution in [0.15, 0.2) is 18.2 Å². The third kappa shape index (κ3) is 2.63. The molecule has 4 heteroatoms. The van der Waals surface area contributed by atoms with Crippen LogP contribution in [-0.4, -0.2) is 31.1 Å². The smallest absolute Gasteiger partial charge is 0.123 e. The summed E-state index contributed by atoms with van der Waals surface area (Å²) in [6.45, 7) is 2.57. The van der Waals surface area contributed by atoms with Crippen molar-refractivity contribution in [2.24, 2.45) is 5.73 Å². The van der Waals surface area contributed by atoms with Crippen LogP contribution in [0.1, 0.15) is 24.0 Å². The Labute approximate surface area is 108 Å². The highest BCUT2D eigenvalue weighted by Gasteiger charge is 2.23. The fourth-order valence-electron chi connectivity index (χ4n) is 2.56. The summed E-state index contributed by atoms with van der Waals surface area (Å²) in [6, 6.07) is 8.18. The molecule has 1 heterocycles. The molecule has 1 fully saturated rings. The van der Waals surface area contributed by atoms with E-state index < -0.39 is 0 Å². The number of hydrogen-bond donors (Lipinski definition) is 1. The maximum absolute atomic E-state index is 8.96. The second-order valence-electron chi connectivity index (χ2n) is 4.64. The van der Waals surface area contributed by atoms with Gasteiger partial charge in [0.05, 0.1) is 18.7 Å². The maximum Gasteiger partial charge on any atom is 0.123 e. The van der Waals surface area contributed by atoms with Gasteiger partial charge in [-0.05, 0) is 37.6 Å². The quantitative estimate of drug-likeness (QED) is 0.873. The number of methoxy groups -OCH3 is 1. The Bertz CT molecular complexity index is 453. The lowest BCUT2D eigenvalue weighted by Gasteiger charge is -2.24. The van der Waals surface area contributed by atoms with Crippen LogP contribution >= 0.6 is 0 Å². The highest BCUT2D eigenvalue weighted by Crippen LogP contribution is 2.25. The van der Waals surface area contributed by atoms with Gasteiger partial charge in [-0.2, -0.15) is 5.26 Å². The van der Waals surface area contributed by atoms with E-state index in [1.807, 2.05) is 12.1 Å². The van der Waals surface area contributed by atoms with Gasteiger partial charge in [0, 0.05) is 24.7 Å². The van der Waals surface area contributed by atoms with Crippen molar-refractivity contribution in [1.29, 1.82) is 5.26 Å². The van der Waals surface area contributed by atoms with Crippen LogP contribution in [0, 0.1) is 11.3 Å². The van der Waals surface area contributed by atoms with Crippen LogP contribution in [0.3, 0.4) is 0 Å². The van der Waals surface area contributed by atoms with Crippen molar-refractivity contribution >= 4 is 0 Å². The minimum absolute atomic E-state index is 0.459. The molecule has 0 spiro atoms.